The van der Waals surface area contributed by atoms with Crippen molar-refractivity contribution in [3.8, 4) is 0 Å². The van der Waals surface area contributed by atoms with Gasteiger partial charge in [-0.05, 0) is 17.4 Å². The van der Waals surface area contributed by atoms with Gasteiger partial charge in [-0.25, -0.2) is 0 Å². The molecule has 1 aromatic rings. The molecule has 3 heteroatoms. The first kappa shape index (κ1) is 9.71. The molecular formula is C9H15NOS. The Labute approximate surface area is 77.5 Å². The summed E-state index contributed by atoms with van der Waals surface area (Å²) in [5.41, 5.74) is 2.99. The lowest BCUT2D eigenvalue weighted by molar-refractivity contribution is 0.0471. The molecule has 0 saturated carbocycles. The highest BCUT2D eigenvalue weighted by molar-refractivity contribution is 7.10. The minimum Gasteiger partial charge on any atom is -0.304 e. The number of nitrogens with one attached hydrogen (secondary N) is 1. The van der Waals surface area contributed by atoms with Gasteiger partial charge in [-0.3, -0.25) is 0 Å². The lowest BCUT2D eigenvalue weighted by Gasteiger charge is -2.19. The molecule has 0 amide bonds. The van der Waals surface area contributed by atoms with Gasteiger partial charge in [-0.1, -0.05) is 19.9 Å². The van der Waals surface area contributed by atoms with Crippen molar-refractivity contribution in [1.82, 2.24) is 5.48 Å². The molecule has 0 aliphatic rings. The molecule has 12 heavy (non-hydrogen) atoms. The summed E-state index contributed by atoms with van der Waals surface area (Å²) in [6, 6.07) is 4.50. The number of rotatable bonds is 4. The summed E-state index contributed by atoms with van der Waals surface area (Å²) in [6.07, 6.45) is 0. The van der Waals surface area contributed by atoms with E-state index >= 15 is 0 Å². The smallest absolute Gasteiger partial charge is 0.0687 e. The lowest BCUT2D eigenvalue weighted by Crippen LogP contribution is -2.23. The zero-order valence-corrected chi connectivity index (χ0v) is 8.52. The zero-order valence-electron chi connectivity index (χ0n) is 7.70. The van der Waals surface area contributed by atoms with E-state index in [1.165, 1.54) is 4.88 Å². The molecular weight excluding hydrogens is 170 g/mol. The molecule has 0 fully saturated rings. The van der Waals surface area contributed by atoms with Gasteiger partial charge >= 0.3 is 0 Å². The summed E-state index contributed by atoms with van der Waals surface area (Å²) in [7, 11) is 1.66. The van der Waals surface area contributed by atoms with E-state index in [4.69, 9.17) is 4.84 Å². The van der Waals surface area contributed by atoms with Gasteiger partial charge in [0.15, 0.2) is 0 Å². The Bertz CT molecular complexity index is 208. The molecule has 0 spiro atoms. The fraction of sp³-hybridized carbons (Fsp3) is 0.556. The van der Waals surface area contributed by atoms with Crippen LogP contribution >= 0.6 is 11.3 Å². The second kappa shape index (κ2) is 4.60. The van der Waals surface area contributed by atoms with E-state index in [9.17, 15) is 0 Å². The van der Waals surface area contributed by atoms with E-state index in [-0.39, 0.29) is 0 Å². The van der Waals surface area contributed by atoms with Gasteiger partial charge < -0.3 is 4.84 Å². The lowest BCUT2D eigenvalue weighted by atomic mass is 10.0. The summed E-state index contributed by atoms with van der Waals surface area (Å²) in [5, 5.41) is 2.09. The third-order valence-corrected chi connectivity index (χ3v) is 2.72. The summed E-state index contributed by atoms with van der Waals surface area (Å²) in [4.78, 5) is 6.27. The normalized spacial score (nSPS) is 13.7. The van der Waals surface area contributed by atoms with Crippen LogP contribution in [0, 0.1) is 5.92 Å². The molecule has 0 aromatic carbocycles. The van der Waals surface area contributed by atoms with Crippen LogP contribution in [0.1, 0.15) is 24.8 Å². The first-order valence-corrected chi connectivity index (χ1v) is 4.95. The maximum atomic E-state index is 4.95. The summed E-state index contributed by atoms with van der Waals surface area (Å²) < 4.78 is 0. The second-order valence-electron chi connectivity index (χ2n) is 3.06. The van der Waals surface area contributed by atoms with Crippen LogP contribution in [-0.2, 0) is 4.84 Å². The van der Waals surface area contributed by atoms with Crippen LogP contribution in [0.4, 0.5) is 0 Å². The van der Waals surface area contributed by atoms with Crippen molar-refractivity contribution in [2.75, 3.05) is 7.11 Å². The third-order valence-electron chi connectivity index (χ3n) is 1.76. The summed E-state index contributed by atoms with van der Waals surface area (Å²) >= 11 is 1.76. The highest BCUT2D eigenvalue weighted by Crippen LogP contribution is 2.25. The van der Waals surface area contributed by atoms with Gasteiger partial charge in [0, 0.05) is 4.88 Å². The molecule has 0 aliphatic heterocycles. The van der Waals surface area contributed by atoms with E-state index in [0.717, 1.165) is 0 Å². The summed E-state index contributed by atoms with van der Waals surface area (Å²) in [5.74, 6) is 0.545. The number of hydroxylamine groups is 1. The van der Waals surface area contributed by atoms with E-state index in [1.54, 1.807) is 18.4 Å². The standard InChI is InChI=1S/C9H15NOS/c1-7(2)9(10-11-3)8-5-4-6-12-8/h4-7,9-10H,1-3H3. The molecule has 2 nitrogen and oxygen atoms in total. The zero-order chi connectivity index (χ0) is 8.97. The van der Waals surface area contributed by atoms with E-state index < -0.39 is 0 Å². The molecule has 1 heterocycles. The van der Waals surface area contributed by atoms with Crippen molar-refractivity contribution in [2.24, 2.45) is 5.92 Å². The molecule has 1 rings (SSSR count). The molecule has 1 aromatic heterocycles. The van der Waals surface area contributed by atoms with Crippen LogP contribution in [0.3, 0.4) is 0 Å². The van der Waals surface area contributed by atoms with Crippen LogP contribution in [-0.4, -0.2) is 7.11 Å². The van der Waals surface area contributed by atoms with Crippen molar-refractivity contribution >= 4 is 11.3 Å². The van der Waals surface area contributed by atoms with E-state index in [0.29, 0.717) is 12.0 Å². The molecule has 1 unspecified atom stereocenters. The van der Waals surface area contributed by atoms with Crippen molar-refractivity contribution in [3.05, 3.63) is 22.4 Å². The fourth-order valence-corrected chi connectivity index (χ4v) is 2.06. The van der Waals surface area contributed by atoms with Crippen LogP contribution in [0.5, 0.6) is 0 Å². The van der Waals surface area contributed by atoms with E-state index in [1.807, 2.05) is 0 Å². The number of hydrogen-bond acceptors (Lipinski definition) is 3. The van der Waals surface area contributed by atoms with Crippen molar-refractivity contribution in [1.29, 1.82) is 0 Å². The van der Waals surface area contributed by atoms with E-state index in [2.05, 4.69) is 36.8 Å². The van der Waals surface area contributed by atoms with Crippen LogP contribution < -0.4 is 5.48 Å². The quantitative estimate of drug-likeness (QED) is 0.728. The van der Waals surface area contributed by atoms with Crippen LogP contribution in [0.15, 0.2) is 17.5 Å². The van der Waals surface area contributed by atoms with Crippen LogP contribution in [0.2, 0.25) is 0 Å². The predicted molar refractivity (Wildman–Crippen MR) is 52.0 cm³/mol. The van der Waals surface area contributed by atoms with Crippen molar-refractivity contribution < 1.29 is 4.84 Å². The van der Waals surface area contributed by atoms with Gasteiger partial charge in [0.05, 0.1) is 13.2 Å². The minimum absolute atomic E-state index is 0.315. The molecule has 0 saturated heterocycles. The summed E-state index contributed by atoms with van der Waals surface area (Å²) in [6.45, 7) is 4.35. The Hall–Kier alpha value is -0.380. The molecule has 0 bridgehead atoms. The largest absolute Gasteiger partial charge is 0.304 e. The van der Waals surface area contributed by atoms with Crippen LogP contribution in [0.25, 0.3) is 0 Å². The number of thiophene rings is 1. The molecule has 68 valence electrons. The highest BCUT2D eigenvalue weighted by Gasteiger charge is 2.15. The average molecular weight is 185 g/mol. The average Bonchev–Trinajstić information content (AvgIpc) is 2.51. The molecule has 0 radical (unpaired) electrons. The Balaban J connectivity index is 2.66. The SMILES string of the molecule is CONC(c1cccs1)C(C)C. The Morgan fingerprint density at radius 2 is 2.25 bits per heavy atom. The van der Waals surface area contributed by atoms with Crippen molar-refractivity contribution in [3.63, 3.8) is 0 Å². The Kier molecular flexibility index (Phi) is 3.72. The monoisotopic (exact) mass is 185 g/mol. The highest BCUT2D eigenvalue weighted by atomic mass is 32.1. The second-order valence-corrected chi connectivity index (χ2v) is 4.04. The molecule has 0 aliphatic carbocycles. The van der Waals surface area contributed by atoms with Gasteiger partial charge in [0.1, 0.15) is 0 Å². The third kappa shape index (κ3) is 2.30. The van der Waals surface area contributed by atoms with Crippen molar-refractivity contribution in [2.45, 2.75) is 19.9 Å². The Morgan fingerprint density at radius 1 is 1.50 bits per heavy atom. The van der Waals surface area contributed by atoms with Gasteiger partial charge in [0.2, 0.25) is 0 Å². The van der Waals surface area contributed by atoms with Gasteiger partial charge in [-0.2, -0.15) is 5.48 Å². The molecule has 1 atom stereocenters. The maximum absolute atomic E-state index is 4.95. The fourth-order valence-electron chi connectivity index (χ4n) is 1.12. The first-order chi connectivity index (χ1) is 5.75. The van der Waals surface area contributed by atoms with Gasteiger partial charge in [0.25, 0.3) is 0 Å². The predicted octanol–water partition coefficient (Wildman–Crippen LogP) is 2.60. The first-order valence-electron chi connectivity index (χ1n) is 4.07. The minimum atomic E-state index is 0.315. The number of hydrogen-bond donors (Lipinski definition) is 1. The Morgan fingerprint density at radius 3 is 2.67 bits per heavy atom. The van der Waals surface area contributed by atoms with Gasteiger partial charge in [-0.15, -0.1) is 11.3 Å². The topological polar surface area (TPSA) is 21.3 Å². The maximum Gasteiger partial charge on any atom is 0.0687 e. The molecule has 1 N–H and O–H groups in total.